The lowest BCUT2D eigenvalue weighted by Gasteiger charge is -2.35. The number of rotatable bonds is 6. The number of pyridine rings is 1. The quantitative estimate of drug-likeness (QED) is 0.718. The monoisotopic (exact) mass is 414 g/mol. The summed E-state index contributed by atoms with van der Waals surface area (Å²) >= 11 is 0. The topological polar surface area (TPSA) is 105 Å². The molecule has 160 valence electrons. The number of carbonyl (C=O) groups excluding carboxylic acids is 3. The lowest BCUT2D eigenvalue weighted by atomic mass is 10.1. The first-order chi connectivity index (χ1) is 14.4. The van der Waals surface area contributed by atoms with Gasteiger partial charge in [0.15, 0.2) is 6.61 Å². The summed E-state index contributed by atoms with van der Waals surface area (Å²) in [5.41, 5.74) is 1.45. The Morgan fingerprint density at radius 1 is 1.07 bits per heavy atom. The van der Waals surface area contributed by atoms with Gasteiger partial charge >= 0.3 is 11.9 Å². The van der Waals surface area contributed by atoms with Crippen LogP contribution >= 0.6 is 0 Å². The van der Waals surface area contributed by atoms with E-state index in [0.717, 1.165) is 5.82 Å². The number of amides is 1. The Bertz CT molecular complexity index is 917. The van der Waals surface area contributed by atoms with Crippen molar-refractivity contribution in [3.05, 3.63) is 46.9 Å². The Balaban J connectivity index is 1.54. The van der Waals surface area contributed by atoms with Gasteiger partial charge in [0, 0.05) is 38.1 Å². The van der Waals surface area contributed by atoms with E-state index in [0.29, 0.717) is 43.0 Å². The minimum absolute atomic E-state index is 0.156. The second kappa shape index (κ2) is 9.43. The molecule has 30 heavy (non-hydrogen) atoms. The van der Waals surface area contributed by atoms with Crippen LogP contribution in [0.25, 0.3) is 0 Å². The molecule has 1 fully saturated rings. The van der Waals surface area contributed by atoms with Crippen LogP contribution in [0.1, 0.15) is 39.0 Å². The molecule has 2 aromatic rings. The summed E-state index contributed by atoms with van der Waals surface area (Å²) in [4.78, 5) is 47.9. The van der Waals surface area contributed by atoms with E-state index in [4.69, 9.17) is 9.47 Å². The second-order valence-corrected chi connectivity index (χ2v) is 6.98. The second-order valence-electron chi connectivity index (χ2n) is 6.98. The van der Waals surface area contributed by atoms with Gasteiger partial charge in [0.25, 0.3) is 5.91 Å². The molecule has 0 aromatic carbocycles. The van der Waals surface area contributed by atoms with Crippen LogP contribution in [0.2, 0.25) is 0 Å². The van der Waals surface area contributed by atoms with Crippen LogP contribution in [-0.2, 0) is 14.3 Å². The van der Waals surface area contributed by atoms with Gasteiger partial charge < -0.3 is 24.3 Å². The third kappa shape index (κ3) is 4.61. The molecule has 0 spiro atoms. The largest absolute Gasteiger partial charge is 0.462 e. The van der Waals surface area contributed by atoms with Crippen molar-refractivity contribution in [3.8, 4) is 0 Å². The number of H-pyrrole nitrogens is 1. The van der Waals surface area contributed by atoms with Gasteiger partial charge in [0.2, 0.25) is 0 Å². The molecular weight excluding hydrogens is 388 g/mol. The molecule has 0 aliphatic carbocycles. The van der Waals surface area contributed by atoms with Crippen LogP contribution in [0.4, 0.5) is 5.82 Å². The van der Waals surface area contributed by atoms with Crippen molar-refractivity contribution in [2.45, 2.75) is 20.8 Å². The molecule has 1 N–H and O–H groups in total. The Kier molecular flexibility index (Phi) is 6.71. The number of esters is 2. The van der Waals surface area contributed by atoms with Crippen LogP contribution in [0, 0.1) is 13.8 Å². The first-order valence-electron chi connectivity index (χ1n) is 9.89. The number of anilines is 1. The fourth-order valence-corrected chi connectivity index (χ4v) is 3.48. The highest BCUT2D eigenvalue weighted by atomic mass is 16.5. The minimum Gasteiger partial charge on any atom is -0.462 e. The maximum absolute atomic E-state index is 12.5. The zero-order valence-corrected chi connectivity index (χ0v) is 17.4. The predicted molar refractivity (Wildman–Crippen MR) is 110 cm³/mol. The van der Waals surface area contributed by atoms with Crippen molar-refractivity contribution >= 4 is 23.7 Å². The van der Waals surface area contributed by atoms with Gasteiger partial charge in [-0.2, -0.15) is 0 Å². The summed E-state index contributed by atoms with van der Waals surface area (Å²) in [5, 5.41) is 0. The number of hydrogen-bond donors (Lipinski definition) is 1. The third-order valence-corrected chi connectivity index (χ3v) is 5.05. The zero-order chi connectivity index (χ0) is 21.7. The van der Waals surface area contributed by atoms with Gasteiger partial charge in [0.05, 0.1) is 12.2 Å². The molecule has 0 radical (unpaired) electrons. The number of nitrogens with zero attached hydrogens (tertiary/aromatic N) is 3. The van der Waals surface area contributed by atoms with Crippen molar-refractivity contribution in [1.82, 2.24) is 14.9 Å². The van der Waals surface area contributed by atoms with E-state index < -0.39 is 11.9 Å². The number of nitrogens with one attached hydrogen (secondary N) is 1. The normalized spacial score (nSPS) is 13.8. The van der Waals surface area contributed by atoms with E-state index in [1.165, 1.54) is 0 Å². The molecule has 0 atom stereocenters. The first-order valence-corrected chi connectivity index (χ1v) is 9.89. The van der Waals surface area contributed by atoms with Crippen LogP contribution in [-0.4, -0.2) is 72.1 Å². The lowest BCUT2D eigenvalue weighted by Crippen LogP contribution is -2.50. The first kappa shape index (κ1) is 21.4. The molecule has 1 amide bonds. The Morgan fingerprint density at radius 3 is 2.43 bits per heavy atom. The molecule has 1 aliphatic rings. The van der Waals surface area contributed by atoms with Crippen LogP contribution in [0.3, 0.4) is 0 Å². The van der Waals surface area contributed by atoms with Crippen molar-refractivity contribution < 1.29 is 23.9 Å². The van der Waals surface area contributed by atoms with E-state index in [1.54, 1.807) is 31.9 Å². The molecule has 1 aliphatic heterocycles. The summed E-state index contributed by atoms with van der Waals surface area (Å²) in [6.45, 7) is 7.31. The summed E-state index contributed by atoms with van der Waals surface area (Å²) in [5.74, 6) is -0.544. The fourth-order valence-electron chi connectivity index (χ4n) is 3.48. The van der Waals surface area contributed by atoms with Crippen molar-refractivity contribution in [2.75, 3.05) is 44.3 Å². The van der Waals surface area contributed by atoms with Gasteiger partial charge in [0.1, 0.15) is 11.5 Å². The van der Waals surface area contributed by atoms with Gasteiger partial charge in [-0.25, -0.2) is 14.6 Å². The molecule has 9 heteroatoms. The summed E-state index contributed by atoms with van der Waals surface area (Å²) in [7, 11) is 0. The number of piperazine rings is 1. The molecule has 3 heterocycles. The highest BCUT2D eigenvalue weighted by Gasteiger charge is 2.26. The maximum atomic E-state index is 12.5. The van der Waals surface area contributed by atoms with Crippen LogP contribution in [0.5, 0.6) is 0 Å². The molecule has 0 unspecified atom stereocenters. The smallest absolute Gasteiger partial charge is 0.355 e. The Morgan fingerprint density at radius 2 is 1.80 bits per heavy atom. The Hall–Kier alpha value is -3.36. The maximum Gasteiger partial charge on any atom is 0.355 e. The summed E-state index contributed by atoms with van der Waals surface area (Å²) in [6.07, 6.45) is 1.74. The average molecular weight is 414 g/mol. The number of carbonyl (C=O) groups is 3. The molecule has 0 bridgehead atoms. The van der Waals surface area contributed by atoms with E-state index in [2.05, 4.69) is 14.9 Å². The number of aromatic nitrogens is 2. The third-order valence-electron chi connectivity index (χ3n) is 5.05. The summed E-state index contributed by atoms with van der Waals surface area (Å²) < 4.78 is 10.2. The molecule has 9 nitrogen and oxygen atoms in total. The molecule has 3 rings (SSSR count). The lowest BCUT2D eigenvalue weighted by molar-refractivity contribution is -0.134. The number of aromatic amines is 1. The number of aryl methyl sites for hydroxylation is 1. The SMILES string of the molecule is CCOC(=O)c1c(C)[nH]c(C(=O)OCC(=O)N2CCN(c3ccccn3)CC2)c1C. The van der Waals surface area contributed by atoms with Crippen molar-refractivity contribution in [2.24, 2.45) is 0 Å². The average Bonchev–Trinajstić information content (AvgIpc) is 3.06. The number of hydrogen-bond acceptors (Lipinski definition) is 7. The van der Waals surface area contributed by atoms with Gasteiger partial charge in [-0.1, -0.05) is 6.07 Å². The molecule has 2 aromatic heterocycles. The van der Waals surface area contributed by atoms with Crippen molar-refractivity contribution in [3.63, 3.8) is 0 Å². The predicted octanol–water partition coefficient (Wildman–Crippen LogP) is 1.71. The standard InChI is InChI=1S/C21H26N4O5/c1-4-29-20(27)18-14(2)19(23-15(18)3)21(28)30-13-17(26)25-11-9-24(10-12-25)16-7-5-6-8-22-16/h5-8,23H,4,9-13H2,1-3H3. The minimum atomic E-state index is -0.674. The van der Waals surface area contributed by atoms with Crippen molar-refractivity contribution in [1.29, 1.82) is 0 Å². The summed E-state index contributed by atoms with van der Waals surface area (Å²) in [6, 6.07) is 5.72. The highest BCUT2D eigenvalue weighted by molar-refractivity contribution is 5.99. The van der Waals surface area contributed by atoms with Gasteiger partial charge in [-0.05, 0) is 38.5 Å². The fraction of sp³-hybridized carbons (Fsp3) is 0.429. The molecule has 1 saturated heterocycles. The highest BCUT2D eigenvalue weighted by Crippen LogP contribution is 2.20. The number of ether oxygens (including phenoxy) is 2. The van der Waals surface area contributed by atoms with Gasteiger partial charge in [-0.15, -0.1) is 0 Å². The van der Waals surface area contributed by atoms with Crippen LogP contribution in [0.15, 0.2) is 24.4 Å². The van der Waals surface area contributed by atoms with E-state index in [9.17, 15) is 14.4 Å². The Labute approximate surface area is 175 Å². The van der Waals surface area contributed by atoms with E-state index in [1.807, 2.05) is 18.2 Å². The van der Waals surface area contributed by atoms with Gasteiger partial charge in [-0.3, -0.25) is 4.79 Å². The molecule has 0 saturated carbocycles. The van der Waals surface area contributed by atoms with E-state index in [-0.39, 0.29) is 24.8 Å². The van der Waals surface area contributed by atoms with Crippen LogP contribution < -0.4 is 4.90 Å². The zero-order valence-electron chi connectivity index (χ0n) is 17.4. The molecular formula is C21H26N4O5. The van der Waals surface area contributed by atoms with E-state index >= 15 is 0 Å².